The van der Waals surface area contributed by atoms with Crippen LogP contribution in [-0.4, -0.2) is 15.9 Å². The molecule has 1 N–H and O–H groups in total. The molecule has 0 saturated carbocycles. The van der Waals surface area contributed by atoms with Crippen molar-refractivity contribution in [2.24, 2.45) is 0 Å². The zero-order valence-corrected chi connectivity index (χ0v) is 14.6. The van der Waals surface area contributed by atoms with E-state index >= 15 is 0 Å². The van der Waals surface area contributed by atoms with Gasteiger partial charge in [-0.25, -0.2) is 22.1 Å². The molecular formula is C14H19BrF3NOS. The smallest absolute Gasteiger partial charge is 0.243 e. The van der Waals surface area contributed by atoms with Gasteiger partial charge >= 0.3 is 0 Å². The summed E-state index contributed by atoms with van der Waals surface area (Å²) >= 11 is 3.15. The average Bonchev–Trinajstić information content (AvgIpc) is 2.37. The van der Waals surface area contributed by atoms with Crippen LogP contribution in [0.5, 0.6) is 0 Å². The zero-order chi connectivity index (χ0) is 16.3. The Kier molecular flexibility index (Phi) is 6.43. The Hall–Kier alpha value is -0.400. The Bertz CT molecular complexity index is 521. The molecule has 2 atom stereocenters. The summed E-state index contributed by atoms with van der Waals surface area (Å²) in [6, 6.07) is 3.83. The van der Waals surface area contributed by atoms with Crippen LogP contribution in [0, 0.1) is 5.82 Å². The van der Waals surface area contributed by atoms with Gasteiger partial charge in [0.25, 0.3) is 5.92 Å². The van der Waals surface area contributed by atoms with Gasteiger partial charge in [-0.3, -0.25) is 0 Å². The summed E-state index contributed by atoms with van der Waals surface area (Å²) in [7, 11) is -1.66. The molecule has 0 bridgehead atoms. The van der Waals surface area contributed by atoms with Crippen molar-refractivity contribution in [1.29, 1.82) is 0 Å². The second kappa shape index (κ2) is 7.24. The van der Waals surface area contributed by atoms with E-state index in [4.69, 9.17) is 0 Å². The Morgan fingerprint density at radius 3 is 2.48 bits per heavy atom. The Balaban J connectivity index is 3.22. The van der Waals surface area contributed by atoms with Crippen molar-refractivity contribution in [3.63, 3.8) is 0 Å². The minimum atomic E-state index is -3.30. The van der Waals surface area contributed by atoms with Gasteiger partial charge in [-0.2, -0.15) is 0 Å². The van der Waals surface area contributed by atoms with E-state index in [1.54, 1.807) is 0 Å². The first-order chi connectivity index (χ1) is 9.61. The van der Waals surface area contributed by atoms with Gasteiger partial charge in [-0.05, 0) is 31.5 Å². The largest absolute Gasteiger partial charge is 0.267 e. The average molecular weight is 386 g/mol. The lowest BCUT2D eigenvalue weighted by molar-refractivity contribution is -0.0608. The third-order valence-electron chi connectivity index (χ3n) is 3.35. The van der Waals surface area contributed by atoms with E-state index in [-0.39, 0.29) is 11.3 Å². The fraction of sp³-hybridized carbons (Fsp3) is 0.571. The molecule has 0 heterocycles. The Labute approximate surface area is 134 Å². The predicted molar refractivity (Wildman–Crippen MR) is 83.1 cm³/mol. The third kappa shape index (κ3) is 4.53. The maximum Gasteiger partial charge on any atom is 0.267 e. The molecular weight excluding hydrogens is 367 g/mol. The zero-order valence-electron chi connectivity index (χ0n) is 12.2. The van der Waals surface area contributed by atoms with Crippen LogP contribution in [-0.2, 0) is 16.5 Å². The first-order valence-corrected chi connectivity index (χ1v) is 8.72. The van der Waals surface area contributed by atoms with Crippen LogP contribution >= 0.6 is 15.9 Å². The first kappa shape index (κ1) is 18.6. The molecule has 7 heteroatoms. The van der Waals surface area contributed by atoms with E-state index in [0.717, 1.165) is 12.5 Å². The van der Waals surface area contributed by atoms with E-state index in [9.17, 15) is 17.4 Å². The molecule has 120 valence electrons. The van der Waals surface area contributed by atoms with Crippen LogP contribution in [0.2, 0.25) is 0 Å². The maximum atomic E-state index is 14.1. The van der Waals surface area contributed by atoms with Gasteiger partial charge in [0, 0.05) is 22.7 Å². The molecule has 0 aliphatic rings. The quantitative estimate of drug-likeness (QED) is 0.734. The van der Waals surface area contributed by atoms with Crippen molar-refractivity contribution in [3.05, 3.63) is 34.1 Å². The molecule has 21 heavy (non-hydrogen) atoms. The van der Waals surface area contributed by atoms with Crippen LogP contribution in [0.25, 0.3) is 0 Å². The number of alkyl halides is 2. The van der Waals surface area contributed by atoms with E-state index < -0.39 is 28.3 Å². The lowest BCUT2D eigenvalue weighted by atomic mass is 9.87. The number of halogens is 4. The Morgan fingerprint density at radius 2 is 1.95 bits per heavy atom. The monoisotopic (exact) mass is 385 g/mol. The van der Waals surface area contributed by atoms with Crippen LogP contribution in [0.3, 0.4) is 0 Å². The summed E-state index contributed by atoms with van der Waals surface area (Å²) in [6.45, 7) is 3.78. The van der Waals surface area contributed by atoms with Gasteiger partial charge in [0.05, 0.1) is 11.0 Å². The summed E-state index contributed by atoms with van der Waals surface area (Å²) in [5, 5.41) is 0. The molecule has 0 aliphatic heterocycles. The predicted octanol–water partition coefficient (Wildman–Crippen LogP) is 4.51. The minimum Gasteiger partial charge on any atom is -0.243 e. The van der Waals surface area contributed by atoms with Crippen LogP contribution < -0.4 is 4.72 Å². The van der Waals surface area contributed by atoms with Crippen molar-refractivity contribution in [2.45, 2.75) is 45.1 Å². The molecule has 0 amide bonds. The second-order valence-electron chi connectivity index (χ2n) is 5.14. The first-order valence-electron chi connectivity index (χ1n) is 6.61. The SMILES string of the molecule is CCCCS(=O)N[C@](C)(c1cc(Br)ccc1F)C(C)(F)F. The topological polar surface area (TPSA) is 29.1 Å². The van der Waals surface area contributed by atoms with Crippen LogP contribution in [0.15, 0.2) is 22.7 Å². The fourth-order valence-electron chi connectivity index (χ4n) is 1.82. The van der Waals surface area contributed by atoms with E-state index in [1.165, 1.54) is 19.1 Å². The molecule has 0 aliphatic carbocycles. The Morgan fingerprint density at radius 1 is 1.33 bits per heavy atom. The number of hydrogen-bond acceptors (Lipinski definition) is 1. The lowest BCUT2D eigenvalue weighted by Gasteiger charge is -2.36. The summed E-state index contributed by atoms with van der Waals surface area (Å²) in [5.74, 6) is -3.81. The number of benzene rings is 1. The highest BCUT2D eigenvalue weighted by Gasteiger charge is 2.50. The van der Waals surface area contributed by atoms with Gasteiger partial charge in [-0.15, -0.1) is 0 Å². The third-order valence-corrected chi connectivity index (χ3v) is 5.13. The van der Waals surface area contributed by atoms with Crippen molar-refractivity contribution < 1.29 is 17.4 Å². The highest BCUT2D eigenvalue weighted by Crippen LogP contribution is 2.39. The molecule has 1 aromatic carbocycles. The van der Waals surface area contributed by atoms with Gasteiger partial charge in [-0.1, -0.05) is 29.3 Å². The molecule has 0 fully saturated rings. The number of nitrogens with one attached hydrogen (secondary N) is 1. The van der Waals surface area contributed by atoms with Crippen molar-refractivity contribution >= 4 is 26.9 Å². The highest BCUT2D eigenvalue weighted by atomic mass is 79.9. The minimum absolute atomic E-state index is 0.214. The molecule has 0 saturated heterocycles. The second-order valence-corrected chi connectivity index (χ2v) is 7.36. The molecule has 1 unspecified atom stereocenters. The van der Waals surface area contributed by atoms with E-state index in [0.29, 0.717) is 17.8 Å². The summed E-state index contributed by atoms with van der Waals surface area (Å²) in [6.07, 6.45) is 1.45. The summed E-state index contributed by atoms with van der Waals surface area (Å²) < 4.78 is 57.0. The van der Waals surface area contributed by atoms with Crippen molar-refractivity contribution in [3.8, 4) is 0 Å². The number of rotatable bonds is 7. The molecule has 0 radical (unpaired) electrons. The molecule has 1 rings (SSSR count). The van der Waals surface area contributed by atoms with E-state index in [2.05, 4.69) is 20.7 Å². The molecule has 0 aromatic heterocycles. The van der Waals surface area contributed by atoms with E-state index in [1.807, 2.05) is 6.92 Å². The normalized spacial score (nSPS) is 16.5. The molecule has 1 aromatic rings. The maximum absolute atomic E-state index is 14.1. The van der Waals surface area contributed by atoms with Crippen LogP contribution in [0.1, 0.15) is 39.2 Å². The molecule has 2 nitrogen and oxygen atoms in total. The standard InChI is InChI=1S/C14H19BrF3NOS/c1-4-5-8-21(20)19-13(2,14(3,17)18)11-9-10(15)6-7-12(11)16/h6-7,9,19H,4-5,8H2,1-3H3/t13-,21?/m1/s1. The fourth-order valence-corrected chi connectivity index (χ4v) is 3.57. The van der Waals surface area contributed by atoms with Gasteiger partial charge in [0.2, 0.25) is 0 Å². The number of hydrogen-bond donors (Lipinski definition) is 1. The van der Waals surface area contributed by atoms with Gasteiger partial charge in [0.15, 0.2) is 0 Å². The number of unbranched alkanes of at least 4 members (excludes halogenated alkanes) is 1. The van der Waals surface area contributed by atoms with Crippen molar-refractivity contribution in [1.82, 2.24) is 4.72 Å². The van der Waals surface area contributed by atoms with Gasteiger partial charge < -0.3 is 0 Å². The summed E-state index contributed by atoms with van der Waals surface area (Å²) in [5.41, 5.74) is -2.27. The van der Waals surface area contributed by atoms with Crippen LogP contribution in [0.4, 0.5) is 13.2 Å². The highest BCUT2D eigenvalue weighted by molar-refractivity contribution is 9.10. The van der Waals surface area contributed by atoms with Crippen molar-refractivity contribution in [2.75, 3.05) is 5.75 Å². The lowest BCUT2D eigenvalue weighted by Crippen LogP contribution is -2.53. The summed E-state index contributed by atoms with van der Waals surface area (Å²) in [4.78, 5) is 0. The molecule has 0 spiro atoms. The van der Waals surface area contributed by atoms with Gasteiger partial charge in [0.1, 0.15) is 11.4 Å².